The van der Waals surface area contributed by atoms with Gasteiger partial charge in [0.25, 0.3) is 0 Å². The van der Waals surface area contributed by atoms with E-state index in [0.717, 1.165) is 11.5 Å². The molecule has 0 amide bonds. The van der Waals surface area contributed by atoms with Crippen LogP contribution >= 0.6 is 0 Å². The summed E-state index contributed by atoms with van der Waals surface area (Å²) in [6.07, 6.45) is 2.06. The summed E-state index contributed by atoms with van der Waals surface area (Å²) >= 11 is 0. The standard InChI is InChI=1S/C14H14N2O2/c1-17-10-13-8-12(15-18-13)9-16-7-6-11-4-2-3-5-14(11)16/h2-8H,9-10H2,1H3. The Bertz CT molecular complexity index is 654. The Morgan fingerprint density at radius 3 is 3.06 bits per heavy atom. The minimum atomic E-state index is 0.458. The van der Waals surface area contributed by atoms with Gasteiger partial charge in [0.1, 0.15) is 12.3 Å². The second-order valence-electron chi connectivity index (χ2n) is 4.22. The largest absolute Gasteiger partial charge is 0.377 e. The maximum absolute atomic E-state index is 5.18. The summed E-state index contributed by atoms with van der Waals surface area (Å²) in [5, 5.41) is 5.28. The van der Waals surface area contributed by atoms with Gasteiger partial charge in [0.15, 0.2) is 5.76 Å². The molecular formula is C14H14N2O2. The van der Waals surface area contributed by atoms with Crippen molar-refractivity contribution < 1.29 is 9.26 Å². The first kappa shape index (κ1) is 11.0. The van der Waals surface area contributed by atoms with Crippen molar-refractivity contribution in [1.29, 1.82) is 0 Å². The number of hydrogen-bond donors (Lipinski definition) is 0. The Kier molecular flexibility index (Phi) is 2.86. The second-order valence-corrected chi connectivity index (χ2v) is 4.22. The molecular weight excluding hydrogens is 228 g/mol. The molecule has 1 aromatic carbocycles. The topological polar surface area (TPSA) is 40.2 Å². The number of nitrogens with zero attached hydrogens (tertiary/aromatic N) is 2. The van der Waals surface area contributed by atoms with Crippen molar-refractivity contribution in [1.82, 2.24) is 9.72 Å². The molecule has 0 N–H and O–H groups in total. The van der Waals surface area contributed by atoms with Gasteiger partial charge in [-0.2, -0.15) is 0 Å². The molecule has 0 aliphatic heterocycles. The fraction of sp³-hybridized carbons (Fsp3) is 0.214. The fourth-order valence-electron chi connectivity index (χ4n) is 2.09. The minimum Gasteiger partial charge on any atom is -0.377 e. The number of rotatable bonds is 4. The molecule has 0 aliphatic rings. The van der Waals surface area contributed by atoms with Gasteiger partial charge in [0, 0.05) is 24.9 Å². The van der Waals surface area contributed by atoms with Crippen LogP contribution in [0.25, 0.3) is 10.9 Å². The van der Waals surface area contributed by atoms with Crippen LogP contribution in [0, 0.1) is 0 Å². The Morgan fingerprint density at radius 2 is 2.17 bits per heavy atom. The van der Waals surface area contributed by atoms with Crippen LogP contribution < -0.4 is 0 Å². The lowest BCUT2D eigenvalue weighted by Crippen LogP contribution is -1.97. The Labute approximate surface area is 105 Å². The van der Waals surface area contributed by atoms with Crippen LogP contribution in [0.15, 0.2) is 47.1 Å². The van der Waals surface area contributed by atoms with E-state index in [1.54, 1.807) is 7.11 Å². The molecule has 0 fully saturated rings. The predicted molar refractivity (Wildman–Crippen MR) is 68.3 cm³/mol. The van der Waals surface area contributed by atoms with Gasteiger partial charge in [-0.05, 0) is 17.5 Å². The van der Waals surface area contributed by atoms with E-state index in [-0.39, 0.29) is 0 Å². The summed E-state index contributed by atoms with van der Waals surface area (Å²) in [4.78, 5) is 0. The molecule has 3 aromatic rings. The van der Waals surface area contributed by atoms with E-state index < -0.39 is 0 Å². The van der Waals surface area contributed by atoms with Gasteiger partial charge >= 0.3 is 0 Å². The smallest absolute Gasteiger partial charge is 0.162 e. The van der Waals surface area contributed by atoms with Gasteiger partial charge in [-0.1, -0.05) is 23.4 Å². The van der Waals surface area contributed by atoms with Gasteiger partial charge in [0.05, 0.1) is 6.54 Å². The van der Waals surface area contributed by atoms with E-state index in [4.69, 9.17) is 9.26 Å². The molecule has 4 nitrogen and oxygen atoms in total. The molecule has 0 unspecified atom stereocenters. The molecule has 0 saturated heterocycles. The Balaban J connectivity index is 1.87. The molecule has 0 aliphatic carbocycles. The van der Waals surface area contributed by atoms with E-state index in [2.05, 4.69) is 34.1 Å². The van der Waals surface area contributed by atoms with E-state index >= 15 is 0 Å². The monoisotopic (exact) mass is 242 g/mol. The van der Waals surface area contributed by atoms with Crippen LogP contribution in [-0.4, -0.2) is 16.8 Å². The van der Waals surface area contributed by atoms with Crippen molar-refractivity contribution in [3.8, 4) is 0 Å². The highest BCUT2D eigenvalue weighted by atomic mass is 16.5. The van der Waals surface area contributed by atoms with Gasteiger partial charge in [-0.15, -0.1) is 0 Å². The normalized spacial score (nSPS) is 11.2. The Hall–Kier alpha value is -2.07. The first-order valence-corrected chi connectivity index (χ1v) is 5.84. The molecule has 0 spiro atoms. The number of aromatic nitrogens is 2. The molecule has 2 heterocycles. The molecule has 0 bridgehead atoms. The van der Waals surface area contributed by atoms with Crippen molar-refractivity contribution in [2.45, 2.75) is 13.2 Å². The lowest BCUT2D eigenvalue weighted by molar-refractivity contribution is 0.155. The molecule has 0 radical (unpaired) electrons. The third kappa shape index (κ3) is 2.02. The molecule has 4 heteroatoms. The van der Waals surface area contributed by atoms with Crippen molar-refractivity contribution in [2.75, 3.05) is 7.11 Å². The van der Waals surface area contributed by atoms with Gasteiger partial charge in [-0.25, -0.2) is 0 Å². The molecule has 3 rings (SSSR count). The highest BCUT2D eigenvalue weighted by Gasteiger charge is 2.06. The van der Waals surface area contributed by atoms with Crippen molar-refractivity contribution >= 4 is 10.9 Å². The highest BCUT2D eigenvalue weighted by molar-refractivity contribution is 5.79. The quantitative estimate of drug-likeness (QED) is 0.706. The summed E-state index contributed by atoms with van der Waals surface area (Å²) in [6, 6.07) is 12.3. The van der Waals surface area contributed by atoms with Crippen molar-refractivity contribution in [3.05, 3.63) is 54.0 Å². The SMILES string of the molecule is COCc1cc(Cn2ccc3ccccc32)no1. The van der Waals surface area contributed by atoms with Crippen LogP contribution in [0.4, 0.5) is 0 Å². The summed E-state index contributed by atoms with van der Waals surface area (Å²) in [6.45, 7) is 1.17. The van der Waals surface area contributed by atoms with Crippen LogP contribution in [0.3, 0.4) is 0 Å². The maximum Gasteiger partial charge on any atom is 0.162 e. The maximum atomic E-state index is 5.18. The zero-order chi connectivity index (χ0) is 12.4. The number of hydrogen-bond acceptors (Lipinski definition) is 3. The zero-order valence-corrected chi connectivity index (χ0v) is 10.2. The molecule has 2 aromatic heterocycles. The van der Waals surface area contributed by atoms with E-state index in [1.165, 1.54) is 10.9 Å². The third-order valence-electron chi connectivity index (χ3n) is 2.91. The first-order chi connectivity index (χ1) is 8.86. The van der Waals surface area contributed by atoms with E-state index in [0.29, 0.717) is 13.2 Å². The zero-order valence-electron chi connectivity index (χ0n) is 10.2. The molecule has 92 valence electrons. The molecule has 18 heavy (non-hydrogen) atoms. The minimum absolute atomic E-state index is 0.458. The second kappa shape index (κ2) is 4.66. The summed E-state index contributed by atoms with van der Waals surface area (Å²) in [5.41, 5.74) is 2.11. The van der Waals surface area contributed by atoms with Crippen LogP contribution in [0.2, 0.25) is 0 Å². The lowest BCUT2D eigenvalue weighted by Gasteiger charge is -2.01. The fourth-order valence-corrected chi connectivity index (χ4v) is 2.09. The number of methoxy groups -OCH3 is 1. The molecule has 0 saturated carbocycles. The van der Waals surface area contributed by atoms with Gasteiger partial charge < -0.3 is 13.8 Å². The number of para-hydroxylation sites is 1. The van der Waals surface area contributed by atoms with Crippen LogP contribution in [0.1, 0.15) is 11.5 Å². The summed E-state index contributed by atoms with van der Waals surface area (Å²) in [7, 11) is 1.64. The summed E-state index contributed by atoms with van der Waals surface area (Å²) < 4.78 is 12.3. The Morgan fingerprint density at radius 1 is 1.28 bits per heavy atom. The average Bonchev–Trinajstić information content (AvgIpc) is 2.99. The number of fused-ring (bicyclic) bond motifs is 1. The van der Waals surface area contributed by atoms with Crippen LogP contribution in [0.5, 0.6) is 0 Å². The molecule has 0 atom stereocenters. The van der Waals surface area contributed by atoms with Crippen LogP contribution in [-0.2, 0) is 17.9 Å². The van der Waals surface area contributed by atoms with E-state index in [9.17, 15) is 0 Å². The average molecular weight is 242 g/mol. The lowest BCUT2D eigenvalue weighted by atomic mass is 10.2. The van der Waals surface area contributed by atoms with Gasteiger partial charge in [0.2, 0.25) is 0 Å². The van der Waals surface area contributed by atoms with Gasteiger partial charge in [-0.3, -0.25) is 0 Å². The number of ether oxygens (including phenoxy) is 1. The van der Waals surface area contributed by atoms with E-state index in [1.807, 2.05) is 18.2 Å². The van der Waals surface area contributed by atoms with Crippen molar-refractivity contribution in [2.24, 2.45) is 0 Å². The third-order valence-corrected chi connectivity index (χ3v) is 2.91. The highest BCUT2D eigenvalue weighted by Crippen LogP contribution is 2.16. The first-order valence-electron chi connectivity index (χ1n) is 5.84. The van der Waals surface area contributed by atoms with Crippen molar-refractivity contribution in [3.63, 3.8) is 0 Å². The number of benzene rings is 1. The predicted octanol–water partition coefficient (Wildman–Crippen LogP) is 2.82. The summed E-state index contributed by atoms with van der Waals surface area (Å²) in [5.74, 6) is 0.754.